The van der Waals surface area contributed by atoms with Crippen LogP contribution >= 0.6 is 11.8 Å². The van der Waals surface area contributed by atoms with E-state index in [2.05, 4.69) is 68.2 Å². The Morgan fingerprint density at radius 2 is 2.00 bits per heavy atom. The lowest BCUT2D eigenvalue weighted by Crippen LogP contribution is -2.41. The lowest BCUT2D eigenvalue weighted by Gasteiger charge is -2.36. The van der Waals surface area contributed by atoms with Gasteiger partial charge in [0.25, 0.3) is 0 Å². The summed E-state index contributed by atoms with van der Waals surface area (Å²) in [4.78, 5) is 0. The van der Waals surface area contributed by atoms with Crippen molar-refractivity contribution in [3.8, 4) is 0 Å². The van der Waals surface area contributed by atoms with Crippen LogP contribution in [0.2, 0.25) is 0 Å². The molecule has 0 radical (unpaired) electrons. The Labute approximate surface area is 109 Å². The summed E-state index contributed by atoms with van der Waals surface area (Å²) in [6.45, 7) is 7.02. The molecule has 0 bridgehead atoms. The molecule has 17 heavy (non-hydrogen) atoms. The van der Waals surface area contributed by atoms with Gasteiger partial charge in [-0.1, -0.05) is 44.2 Å². The van der Waals surface area contributed by atoms with Crippen molar-refractivity contribution >= 4 is 11.8 Å². The van der Waals surface area contributed by atoms with E-state index in [1.807, 2.05) is 0 Å². The maximum atomic E-state index is 3.77. The second-order valence-electron chi connectivity index (χ2n) is 5.88. The Kier molecular flexibility index (Phi) is 4.16. The molecule has 2 heteroatoms. The highest BCUT2D eigenvalue weighted by atomic mass is 32.2. The standard InChI is InChI=1S/C15H23NS/c1-12(13-7-5-4-6-8-13)16-14-9-15(2,3)11-17-10-14/h4-8,12,14,16H,9-11H2,1-3H3/t12-,14?/m0/s1. The molecular formula is C15H23NS. The topological polar surface area (TPSA) is 12.0 Å². The van der Waals surface area contributed by atoms with E-state index in [1.54, 1.807) is 0 Å². The van der Waals surface area contributed by atoms with Crippen molar-refractivity contribution < 1.29 is 0 Å². The van der Waals surface area contributed by atoms with Crippen LogP contribution in [0, 0.1) is 5.41 Å². The van der Waals surface area contributed by atoms with Gasteiger partial charge in [-0.2, -0.15) is 11.8 Å². The van der Waals surface area contributed by atoms with Crippen molar-refractivity contribution in [2.45, 2.75) is 39.3 Å². The van der Waals surface area contributed by atoms with Crippen molar-refractivity contribution in [1.82, 2.24) is 5.32 Å². The quantitative estimate of drug-likeness (QED) is 0.873. The molecule has 1 nitrogen and oxygen atoms in total. The van der Waals surface area contributed by atoms with Gasteiger partial charge in [0, 0.05) is 17.8 Å². The fraction of sp³-hybridized carbons (Fsp3) is 0.600. The number of hydrogen-bond donors (Lipinski definition) is 1. The van der Waals surface area contributed by atoms with Gasteiger partial charge in [-0.25, -0.2) is 0 Å². The summed E-state index contributed by atoms with van der Waals surface area (Å²) < 4.78 is 0. The van der Waals surface area contributed by atoms with Crippen LogP contribution < -0.4 is 5.32 Å². The van der Waals surface area contributed by atoms with E-state index in [1.165, 1.54) is 23.5 Å². The average Bonchev–Trinajstić information content (AvgIpc) is 2.29. The van der Waals surface area contributed by atoms with Crippen LogP contribution in [0.4, 0.5) is 0 Å². The predicted molar refractivity (Wildman–Crippen MR) is 77.5 cm³/mol. The maximum absolute atomic E-state index is 3.77. The normalized spacial score (nSPS) is 25.5. The van der Waals surface area contributed by atoms with Gasteiger partial charge >= 0.3 is 0 Å². The van der Waals surface area contributed by atoms with Gasteiger partial charge in [0.15, 0.2) is 0 Å². The van der Waals surface area contributed by atoms with Crippen molar-refractivity contribution in [2.75, 3.05) is 11.5 Å². The summed E-state index contributed by atoms with van der Waals surface area (Å²) in [5, 5.41) is 3.77. The van der Waals surface area contributed by atoms with E-state index in [-0.39, 0.29) is 0 Å². The molecule has 1 saturated heterocycles. The molecule has 0 saturated carbocycles. The van der Waals surface area contributed by atoms with Gasteiger partial charge in [-0.05, 0) is 30.1 Å². The molecule has 1 aromatic carbocycles. The Morgan fingerprint density at radius 1 is 1.29 bits per heavy atom. The second kappa shape index (κ2) is 5.45. The minimum absolute atomic E-state index is 0.454. The van der Waals surface area contributed by atoms with E-state index in [0.29, 0.717) is 17.5 Å². The van der Waals surface area contributed by atoms with E-state index in [9.17, 15) is 0 Å². The van der Waals surface area contributed by atoms with Crippen LogP contribution in [0.25, 0.3) is 0 Å². The van der Waals surface area contributed by atoms with Crippen LogP contribution in [-0.2, 0) is 0 Å². The molecule has 0 aliphatic carbocycles. The fourth-order valence-corrected chi connectivity index (χ4v) is 3.85. The van der Waals surface area contributed by atoms with Crippen molar-refractivity contribution in [2.24, 2.45) is 5.41 Å². The Morgan fingerprint density at radius 3 is 2.65 bits per heavy atom. The van der Waals surface area contributed by atoms with Crippen LogP contribution in [0.15, 0.2) is 30.3 Å². The van der Waals surface area contributed by atoms with Crippen molar-refractivity contribution in [1.29, 1.82) is 0 Å². The van der Waals surface area contributed by atoms with Crippen LogP contribution in [0.5, 0.6) is 0 Å². The molecule has 0 amide bonds. The first-order chi connectivity index (χ1) is 8.07. The summed E-state index contributed by atoms with van der Waals surface area (Å²) in [6.07, 6.45) is 1.29. The van der Waals surface area contributed by atoms with Crippen molar-refractivity contribution in [3.05, 3.63) is 35.9 Å². The van der Waals surface area contributed by atoms with E-state index in [0.717, 1.165) is 0 Å². The third-order valence-corrected chi connectivity index (χ3v) is 5.02. The van der Waals surface area contributed by atoms with Crippen LogP contribution in [0.1, 0.15) is 38.8 Å². The fourth-order valence-electron chi connectivity index (χ4n) is 2.56. The highest BCUT2D eigenvalue weighted by Crippen LogP contribution is 2.34. The molecule has 1 N–H and O–H groups in total. The molecule has 1 aliphatic heterocycles. The molecule has 0 spiro atoms. The number of rotatable bonds is 3. The van der Waals surface area contributed by atoms with E-state index < -0.39 is 0 Å². The number of thioether (sulfide) groups is 1. The smallest absolute Gasteiger partial charge is 0.0294 e. The van der Waals surface area contributed by atoms with Crippen LogP contribution in [0.3, 0.4) is 0 Å². The molecule has 0 aromatic heterocycles. The first kappa shape index (κ1) is 13.0. The minimum atomic E-state index is 0.454. The summed E-state index contributed by atoms with van der Waals surface area (Å²) in [6, 6.07) is 11.8. The van der Waals surface area contributed by atoms with Gasteiger partial charge in [-0.3, -0.25) is 0 Å². The first-order valence-electron chi connectivity index (χ1n) is 6.46. The maximum Gasteiger partial charge on any atom is 0.0294 e. The van der Waals surface area contributed by atoms with Crippen LogP contribution in [-0.4, -0.2) is 17.5 Å². The molecule has 1 aromatic rings. The first-order valence-corrected chi connectivity index (χ1v) is 7.61. The van der Waals surface area contributed by atoms with E-state index in [4.69, 9.17) is 0 Å². The van der Waals surface area contributed by atoms with Crippen molar-refractivity contribution in [3.63, 3.8) is 0 Å². The number of hydrogen-bond acceptors (Lipinski definition) is 2. The van der Waals surface area contributed by atoms with Gasteiger partial charge in [0.05, 0.1) is 0 Å². The summed E-state index contributed by atoms with van der Waals surface area (Å²) in [5.41, 5.74) is 1.87. The molecule has 1 fully saturated rings. The van der Waals surface area contributed by atoms with Gasteiger partial charge < -0.3 is 5.32 Å². The molecule has 1 heterocycles. The lowest BCUT2D eigenvalue weighted by atomic mass is 9.87. The van der Waals surface area contributed by atoms with Gasteiger partial charge in [0.2, 0.25) is 0 Å². The SMILES string of the molecule is C[C@H](NC1CSCC(C)(C)C1)c1ccccc1. The average molecular weight is 249 g/mol. The molecule has 94 valence electrons. The number of nitrogens with one attached hydrogen (secondary N) is 1. The van der Waals surface area contributed by atoms with Gasteiger partial charge in [0.1, 0.15) is 0 Å². The Hall–Kier alpha value is -0.470. The third kappa shape index (κ3) is 3.75. The number of benzene rings is 1. The third-order valence-electron chi connectivity index (χ3n) is 3.40. The zero-order valence-corrected chi connectivity index (χ0v) is 11.9. The molecule has 2 atom stereocenters. The van der Waals surface area contributed by atoms with Gasteiger partial charge in [-0.15, -0.1) is 0 Å². The monoisotopic (exact) mass is 249 g/mol. The summed E-state index contributed by atoms with van der Waals surface area (Å²) in [7, 11) is 0. The molecule has 1 unspecified atom stereocenters. The highest BCUT2D eigenvalue weighted by Gasteiger charge is 2.28. The molecule has 2 rings (SSSR count). The Balaban J connectivity index is 1.93. The minimum Gasteiger partial charge on any atom is -0.307 e. The summed E-state index contributed by atoms with van der Waals surface area (Å²) in [5.74, 6) is 2.55. The van der Waals surface area contributed by atoms with E-state index >= 15 is 0 Å². The predicted octanol–water partition coefficient (Wildman–Crippen LogP) is 3.87. The summed E-state index contributed by atoms with van der Waals surface area (Å²) >= 11 is 2.08. The lowest BCUT2D eigenvalue weighted by molar-refractivity contribution is 0.305. The molecule has 1 aliphatic rings. The largest absolute Gasteiger partial charge is 0.307 e. The zero-order valence-electron chi connectivity index (χ0n) is 11.1. The second-order valence-corrected chi connectivity index (χ2v) is 6.91. The zero-order chi connectivity index (χ0) is 12.3. The molecular weight excluding hydrogens is 226 g/mol. The Bertz CT molecular complexity index is 347. The highest BCUT2D eigenvalue weighted by molar-refractivity contribution is 7.99.